The summed E-state index contributed by atoms with van der Waals surface area (Å²) in [6, 6.07) is 5.84. The molecule has 1 N–H and O–H groups in total. The van der Waals surface area contributed by atoms with E-state index in [9.17, 15) is 14.7 Å². The summed E-state index contributed by atoms with van der Waals surface area (Å²) in [5.74, 6) is -0.856. The fraction of sp³-hybridized carbons (Fsp3) is 0.529. The number of hydrogen-bond donors (Lipinski definition) is 1. The van der Waals surface area contributed by atoms with Gasteiger partial charge in [-0.2, -0.15) is 0 Å². The number of hydrogen-bond acceptors (Lipinski definition) is 3. The van der Waals surface area contributed by atoms with E-state index in [-0.39, 0.29) is 11.8 Å². The second-order valence-corrected chi connectivity index (χ2v) is 7.15. The molecule has 1 aliphatic rings. The summed E-state index contributed by atoms with van der Waals surface area (Å²) in [6.45, 7) is 6.55. The molecule has 1 saturated heterocycles. The van der Waals surface area contributed by atoms with Crippen molar-refractivity contribution in [2.45, 2.75) is 32.1 Å². The fourth-order valence-corrected chi connectivity index (χ4v) is 3.47. The highest BCUT2D eigenvalue weighted by Crippen LogP contribution is 2.39. The summed E-state index contributed by atoms with van der Waals surface area (Å²) in [5.41, 5.74) is 0.790. The van der Waals surface area contributed by atoms with Crippen molar-refractivity contribution in [3.63, 3.8) is 0 Å². The van der Waals surface area contributed by atoms with Gasteiger partial charge in [-0.05, 0) is 43.2 Å². The molecule has 1 amide bonds. The summed E-state index contributed by atoms with van der Waals surface area (Å²) < 4.78 is 0. The number of benzene rings is 1. The highest BCUT2D eigenvalue weighted by Gasteiger charge is 2.48. The average molecular weight is 321 g/mol. The molecule has 1 heterocycles. The molecule has 0 spiro atoms. The molecule has 1 aromatic carbocycles. The zero-order valence-corrected chi connectivity index (χ0v) is 14.4. The molecule has 0 radical (unpaired) electrons. The predicted molar refractivity (Wildman–Crippen MR) is 88.4 cm³/mol. The van der Waals surface area contributed by atoms with Gasteiger partial charge in [0.1, 0.15) is 0 Å². The second-order valence-electron chi connectivity index (χ2n) is 6.27. The standard InChI is InChI=1S/C17H23NO3S/c1-11(2)17(16(20)21)7-8-18(10-17)15(19)14-9-13(22-4)6-5-12(14)3/h5-6,9,11H,7-8,10H2,1-4H3,(H,20,21). The number of likely N-dealkylation sites (tertiary alicyclic amines) is 1. The predicted octanol–water partition coefficient (Wildman–Crippen LogP) is 3.29. The smallest absolute Gasteiger partial charge is 0.311 e. The Kier molecular flexibility index (Phi) is 4.85. The van der Waals surface area contributed by atoms with E-state index in [0.29, 0.717) is 25.1 Å². The van der Waals surface area contributed by atoms with Crippen LogP contribution in [0.4, 0.5) is 0 Å². The number of carbonyl (C=O) groups excluding carboxylic acids is 1. The molecule has 0 saturated carbocycles. The van der Waals surface area contributed by atoms with Gasteiger partial charge in [0.15, 0.2) is 0 Å². The first-order chi connectivity index (χ1) is 10.3. The number of carboxylic acid groups (broad SMARTS) is 1. The lowest BCUT2D eigenvalue weighted by Gasteiger charge is -2.28. The molecule has 1 fully saturated rings. The summed E-state index contributed by atoms with van der Waals surface area (Å²) >= 11 is 1.60. The zero-order chi connectivity index (χ0) is 16.5. The molecule has 22 heavy (non-hydrogen) atoms. The Morgan fingerprint density at radius 3 is 2.55 bits per heavy atom. The topological polar surface area (TPSA) is 57.6 Å². The Morgan fingerprint density at radius 2 is 2.05 bits per heavy atom. The van der Waals surface area contributed by atoms with Crippen molar-refractivity contribution < 1.29 is 14.7 Å². The average Bonchev–Trinajstić information content (AvgIpc) is 2.94. The van der Waals surface area contributed by atoms with Crippen LogP contribution in [0.3, 0.4) is 0 Å². The van der Waals surface area contributed by atoms with Gasteiger partial charge >= 0.3 is 5.97 Å². The number of nitrogens with zero attached hydrogens (tertiary/aromatic N) is 1. The van der Waals surface area contributed by atoms with Crippen LogP contribution in [0.1, 0.15) is 36.2 Å². The van der Waals surface area contributed by atoms with Crippen molar-refractivity contribution in [1.82, 2.24) is 4.90 Å². The highest BCUT2D eigenvalue weighted by atomic mass is 32.2. The Bertz CT molecular complexity index is 600. The molecule has 0 aromatic heterocycles. The molecule has 4 nitrogen and oxygen atoms in total. The van der Waals surface area contributed by atoms with E-state index in [4.69, 9.17) is 0 Å². The van der Waals surface area contributed by atoms with Crippen LogP contribution >= 0.6 is 11.8 Å². The summed E-state index contributed by atoms with van der Waals surface area (Å²) in [6.07, 6.45) is 2.50. The first-order valence-corrected chi connectivity index (χ1v) is 8.71. The van der Waals surface area contributed by atoms with Gasteiger partial charge in [-0.3, -0.25) is 9.59 Å². The molecular formula is C17H23NO3S. The molecule has 0 aliphatic carbocycles. The van der Waals surface area contributed by atoms with Crippen molar-refractivity contribution in [2.75, 3.05) is 19.3 Å². The van der Waals surface area contributed by atoms with Gasteiger partial charge in [0.25, 0.3) is 5.91 Å². The van der Waals surface area contributed by atoms with Crippen LogP contribution in [0, 0.1) is 18.3 Å². The van der Waals surface area contributed by atoms with Gasteiger partial charge < -0.3 is 10.0 Å². The van der Waals surface area contributed by atoms with Crippen LogP contribution in [-0.2, 0) is 4.79 Å². The molecule has 1 aliphatic heterocycles. The van der Waals surface area contributed by atoms with Crippen LogP contribution in [0.5, 0.6) is 0 Å². The maximum Gasteiger partial charge on any atom is 0.311 e. The third kappa shape index (κ3) is 2.86. The van der Waals surface area contributed by atoms with Crippen molar-refractivity contribution >= 4 is 23.6 Å². The Hall–Kier alpha value is -1.49. The first-order valence-electron chi connectivity index (χ1n) is 7.49. The van der Waals surface area contributed by atoms with Crippen LogP contribution in [0.15, 0.2) is 23.1 Å². The SMILES string of the molecule is CSc1ccc(C)c(C(=O)N2CCC(C(=O)O)(C(C)C)C2)c1. The molecule has 5 heteroatoms. The number of aliphatic carboxylic acids is 1. The number of aryl methyl sites for hydroxylation is 1. The molecule has 1 aromatic rings. The van der Waals surface area contributed by atoms with Gasteiger partial charge in [-0.25, -0.2) is 0 Å². The maximum atomic E-state index is 12.8. The third-order valence-corrected chi connectivity index (χ3v) is 5.52. The summed E-state index contributed by atoms with van der Waals surface area (Å²) in [7, 11) is 0. The molecule has 0 bridgehead atoms. The van der Waals surface area contributed by atoms with Crippen molar-refractivity contribution in [3.05, 3.63) is 29.3 Å². The normalized spacial score (nSPS) is 21.4. The minimum atomic E-state index is -0.819. The number of carboxylic acids is 1. The van der Waals surface area contributed by atoms with E-state index in [2.05, 4.69) is 0 Å². The van der Waals surface area contributed by atoms with Gasteiger partial charge in [0.05, 0.1) is 5.41 Å². The van der Waals surface area contributed by atoms with E-state index in [1.54, 1.807) is 16.7 Å². The molecular weight excluding hydrogens is 298 g/mol. The van der Waals surface area contributed by atoms with Crippen LogP contribution in [-0.4, -0.2) is 41.2 Å². The number of thioether (sulfide) groups is 1. The monoisotopic (exact) mass is 321 g/mol. The van der Waals surface area contributed by atoms with Crippen molar-refractivity contribution in [1.29, 1.82) is 0 Å². The summed E-state index contributed by atoms with van der Waals surface area (Å²) in [5, 5.41) is 9.60. The van der Waals surface area contributed by atoms with Gasteiger partial charge in [-0.1, -0.05) is 19.9 Å². The molecule has 1 unspecified atom stereocenters. The molecule has 120 valence electrons. The largest absolute Gasteiger partial charge is 0.481 e. The quantitative estimate of drug-likeness (QED) is 0.865. The van der Waals surface area contributed by atoms with E-state index >= 15 is 0 Å². The van der Waals surface area contributed by atoms with Gasteiger partial charge in [-0.15, -0.1) is 11.8 Å². The minimum Gasteiger partial charge on any atom is -0.481 e. The van der Waals surface area contributed by atoms with E-state index in [1.165, 1.54) is 0 Å². The Morgan fingerprint density at radius 1 is 1.36 bits per heavy atom. The molecule has 1 atom stereocenters. The maximum absolute atomic E-state index is 12.8. The fourth-order valence-electron chi connectivity index (χ4n) is 3.03. The number of rotatable bonds is 4. The van der Waals surface area contributed by atoms with E-state index < -0.39 is 11.4 Å². The lowest BCUT2D eigenvalue weighted by Crippen LogP contribution is -2.40. The van der Waals surface area contributed by atoms with E-state index in [1.807, 2.05) is 45.2 Å². The van der Waals surface area contributed by atoms with Crippen LogP contribution in [0.25, 0.3) is 0 Å². The highest BCUT2D eigenvalue weighted by molar-refractivity contribution is 7.98. The molecule has 2 rings (SSSR count). The van der Waals surface area contributed by atoms with Crippen molar-refractivity contribution in [3.8, 4) is 0 Å². The van der Waals surface area contributed by atoms with Crippen LogP contribution in [0.2, 0.25) is 0 Å². The van der Waals surface area contributed by atoms with Crippen molar-refractivity contribution in [2.24, 2.45) is 11.3 Å². The Balaban J connectivity index is 2.27. The first kappa shape index (κ1) is 16.9. The minimum absolute atomic E-state index is 0.00132. The lowest BCUT2D eigenvalue weighted by molar-refractivity contribution is -0.150. The summed E-state index contributed by atoms with van der Waals surface area (Å²) in [4.78, 5) is 27.2. The van der Waals surface area contributed by atoms with Gasteiger partial charge in [0, 0.05) is 23.5 Å². The Labute approximate surface area is 135 Å². The lowest BCUT2D eigenvalue weighted by atomic mass is 9.76. The van der Waals surface area contributed by atoms with Crippen LogP contribution < -0.4 is 0 Å². The second kappa shape index (κ2) is 6.32. The number of carbonyl (C=O) groups is 2. The number of amides is 1. The third-order valence-electron chi connectivity index (χ3n) is 4.79. The zero-order valence-electron chi connectivity index (χ0n) is 13.5. The van der Waals surface area contributed by atoms with Gasteiger partial charge in [0.2, 0.25) is 0 Å². The van der Waals surface area contributed by atoms with E-state index in [0.717, 1.165) is 10.5 Å².